The third-order valence-corrected chi connectivity index (χ3v) is 8.53. The first-order valence-corrected chi connectivity index (χ1v) is 15.0. The molecule has 7 aromatic carbocycles. The molecule has 0 atom stereocenters. The van der Waals surface area contributed by atoms with Crippen molar-refractivity contribution in [1.29, 1.82) is 0 Å². The predicted octanol–water partition coefficient (Wildman–Crippen LogP) is 10.6. The summed E-state index contributed by atoms with van der Waals surface area (Å²) in [6.45, 7) is 0. The molecule has 3 nitrogen and oxygen atoms in total. The SMILES string of the molecule is O=C1C(=Cc2ccc3cc(N(c4ccccc4)c4ccc(-c5ccccc5)cc4)ccc3c2)C(=O)c2cc3ccccc3cc21. The molecule has 212 valence electrons. The molecule has 1 aliphatic carbocycles. The van der Waals surface area contributed by atoms with Gasteiger partial charge < -0.3 is 4.90 Å². The van der Waals surface area contributed by atoms with Gasteiger partial charge in [-0.25, -0.2) is 0 Å². The van der Waals surface area contributed by atoms with Crippen LogP contribution < -0.4 is 4.90 Å². The molecule has 0 aromatic heterocycles. The molecule has 0 N–H and O–H groups in total. The van der Waals surface area contributed by atoms with E-state index in [-0.39, 0.29) is 17.1 Å². The molecule has 0 spiro atoms. The Morgan fingerprint density at radius 1 is 0.400 bits per heavy atom. The second kappa shape index (κ2) is 10.9. The average molecular weight is 578 g/mol. The van der Waals surface area contributed by atoms with Crippen LogP contribution in [0, 0.1) is 0 Å². The molecular formula is C42H27NO2. The third kappa shape index (κ3) is 4.81. The van der Waals surface area contributed by atoms with Gasteiger partial charge in [0, 0.05) is 28.2 Å². The average Bonchev–Trinajstić information content (AvgIpc) is 3.32. The summed E-state index contributed by atoms with van der Waals surface area (Å²) in [5.74, 6) is -0.430. The van der Waals surface area contributed by atoms with Crippen molar-refractivity contribution in [2.45, 2.75) is 0 Å². The molecule has 0 saturated carbocycles. The maximum absolute atomic E-state index is 13.3. The molecule has 0 amide bonds. The lowest BCUT2D eigenvalue weighted by molar-refractivity contribution is 0.0990. The maximum Gasteiger partial charge on any atom is 0.197 e. The van der Waals surface area contributed by atoms with Crippen molar-refractivity contribution in [3.8, 4) is 11.1 Å². The smallest absolute Gasteiger partial charge is 0.197 e. The van der Waals surface area contributed by atoms with E-state index in [1.165, 1.54) is 11.1 Å². The molecule has 0 unspecified atom stereocenters. The van der Waals surface area contributed by atoms with E-state index < -0.39 is 0 Å². The van der Waals surface area contributed by atoms with Gasteiger partial charge in [0.1, 0.15) is 0 Å². The number of rotatable bonds is 5. The zero-order valence-electron chi connectivity index (χ0n) is 24.4. The minimum absolute atomic E-state index is 0.213. The van der Waals surface area contributed by atoms with Crippen molar-refractivity contribution >= 4 is 56.2 Å². The van der Waals surface area contributed by atoms with Gasteiger partial charge in [0.15, 0.2) is 11.6 Å². The molecule has 0 fully saturated rings. The Balaban J connectivity index is 1.14. The summed E-state index contributed by atoms with van der Waals surface area (Å²) >= 11 is 0. The number of Topliss-reactive ketones (excluding diaryl/α,β-unsaturated/α-hetero) is 2. The Labute approximate surface area is 261 Å². The van der Waals surface area contributed by atoms with Crippen molar-refractivity contribution in [2.24, 2.45) is 0 Å². The fourth-order valence-corrected chi connectivity index (χ4v) is 6.25. The molecule has 0 aliphatic heterocycles. The molecule has 0 heterocycles. The molecule has 45 heavy (non-hydrogen) atoms. The standard InChI is InChI=1S/C42H27NO2/c44-41-38-26-31-11-7-8-12-32(31)27-39(38)42(45)40(41)24-28-15-16-34-25-37(22-19-33(34)23-28)43(35-13-5-2-6-14-35)36-20-17-30(18-21-36)29-9-3-1-4-10-29/h1-27H. The second-order valence-corrected chi connectivity index (χ2v) is 11.3. The number of hydrogen-bond acceptors (Lipinski definition) is 3. The number of allylic oxidation sites excluding steroid dienone is 1. The second-order valence-electron chi connectivity index (χ2n) is 11.3. The van der Waals surface area contributed by atoms with E-state index >= 15 is 0 Å². The largest absolute Gasteiger partial charge is 0.310 e. The number of nitrogens with zero attached hydrogens (tertiary/aromatic N) is 1. The lowest BCUT2D eigenvalue weighted by Gasteiger charge is -2.26. The molecule has 8 rings (SSSR count). The molecule has 3 heteroatoms. The molecule has 0 radical (unpaired) electrons. The minimum Gasteiger partial charge on any atom is -0.310 e. The monoisotopic (exact) mass is 577 g/mol. The maximum atomic E-state index is 13.3. The zero-order chi connectivity index (χ0) is 30.3. The van der Waals surface area contributed by atoms with Gasteiger partial charge in [-0.05, 0) is 98.9 Å². The van der Waals surface area contributed by atoms with Crippen molar-refractivity contribution in [3.63, 3.8) is 0 Å². The first-order chi connectivity index (χ1) is 22.1. The number of hydrogen-bond donors (Lipinski definition) is 0. The molecule has 0 saturated heterocycles. The van der Waals surface area contributed by atoms with Crippen LogP contribution in [0.2, 0.25) is 0 Å². The van der Waals surface area contributed by atoms with E-state index in [0.717, 1.165) is 44.2 Å². The normalized spacial score (nSPS) is 12.5. The molecular weight excluding hydrogens is 550 g/mol. The lowest BCUT2D eigenvalue weighted by atomic mass is 10.0. The fourth-order valence-electron chi connectivity index (χ4n) is 6.25. The van der Waals surface area contributed by atoms with Crippen LogP contribution in [-0.4, -0.2) is 11.6 Å². The van der Waals surface area contributed by atoms with E-state index in [0.29, 0.717) is 11.1 Å². The zero-order valence-corrected chi connectivity index (χ0v) is 24.4. The van der Waals surface area contributed by atoms with Gasteiger partial charge in [-0.15, -0.1) is 0 Å². The Hall–Kier alpha value is -6.06. The van der Waals surface area contributed by atoms with E-state index in [2.05, 4.69) is 89.8 Å². The van der Waals surface area contributed by atoms with Crippen LogP contribution in [0.25, 0.3) is 38.7 Å². The summed E-state index contributed by atoms with van der Waals surface area (Å²) in [5, 5.41) is 4.01. The predicted molar refractivity (Wildman–Crippen MR) is 185 cm³/mol. The van der Waals surface area contributed by atoms with Gasteiger partial charge in [0.2, 0.25) is 0 Å². The highest BCUT2D eigenvalue weighted by molar-refractivity contribution is 6.42. The van der Waals surface area contributed by atoms with Gasteiger partial charge >= 0.3 is 0 Å². The quantitative estimate of drug-likeness (QED) is 0.151. The Kier molecular flexibility index (Phi) is 6.43. The number of para-hydroxylation sites is 1. The van der Waals surface area contributed by atoms with Crippen molar-refractivity contribution in [3.05, 3.63) is 180 Å². The van der Waals surface area contributed by atoms with Crippen LogP contribution in [0.3, 0.4) is 0 Å². The van der Waals surface area contributed by atoms with Crippen molar-refractivity contribution in [2.75, 3.05) is 4.90 Å². The van der Waals surface area contributed by atoms with Gasteiger partial charge in [0.05, 0.1) is 5.57 Å². The van der Waals surface area contributed by atoms with Crippen LogP contribution in [-0.2, 0) is 0 Å². The van der Waals surface area contributed by atoms with Gasteiger partial charge in [-0.1, -0.05) is 103 Å². The Morgan fingerprint density at radius 3 is 1.56 bits per heavy atom. The first-order valence-electron chi connectivity index (χ1n) is 15.0. The van der Waals surface area contributed by atoms with Crippen LogP contribution >= 0.6 is 0 Å². The first kappa shape index (κ1) is 26.6. The molecule has 0 bridgehead atoms. The number of anilines is 3. The van der Waals surface area contributed by atoms with E-state index in [1.54, 1.807) is 6.08 Å². The van der Waals surface area contributed by atoms with Crippen LogP contribution in [0.1, 0.15) is 26.3 Å². The summed E-state index contributed by atoms with van der Waals surface area (Å²) < 4.78 is 0. The number of ketones is 2. The number of carbonyl (C=O) groups is 2. The van der Waals surface area contributed by atoms with Crippen LogP contribution in [0.5, 0.6) is 0 Å². The highest BCUT2D eigenvalue weighted by Gasteiger charge is 2.33. The van der Waals surface area contributed by atoms with E-state index in [1.807, 2.05) is 72.8 Å². The summed E-state index contributed by atoms with van der Waals surface area (Å²) in [6, 6.07) is 53.3. The van der Waals surface area contributed by atoms with Crippen molar-refractivity contribution < 1.29 is 9.59 Å². The fraction of sp³-hybridized carbons (Fsp3) is 0. The summed E-state index contributed by atoms with van der Waals surface area (Å²) in [7, 11) is 0. The van der Waals surface area contributed by atoms with Gasteiger partial charge in [0.25, 0.3) is 0 Å². The van der Waals surface area contributed by atoms with Crippen LogP contribution in [0.15, 0.2) is 163 Å². The van der Waals surface area contributed by atoms with Gasteiger partial charge in [-0.2, -0.15) is 0 Å². The molecule has 7 aromatic rings. The highest BCUT2D eigenvalue weighted by atomic mass is 16.2. The van der Waals surface area contributed by atoms with Crippen LogP contribution in [0.4, 0.5) is 17.1 Å². The number of fused-ring (bicyclic) bond motifs is 3. The summed E-state index contributed by atoms with van der Waals surface area (Å²) in [4.78, 5) is 28.9. The lowest BCUT2D eigenvalue weighted by Crippen LogP contribution is -2.09. The number of benzene rings is 7. The summed E-state index contributed by atoms with van der Waals surface area (Å²) in [6.07, 6.45) is 1.73. The minimum atomic E-state index is -0.215. The number of carbonyl (C=O) groups excluding carboxylic acids is 2. The highest BCUT2D eigenvalue weighted by Crippen LogP contribution is 2.37. The molecule has 1 aliphatic rings. The third-order valence-electron chi connectivity index (χ3n) is 8.53. The topological polar surface area (TPSA) is 37.4 Å². The van der Waals surface area contributed by atoms with E-state index in [4.69, 9.17) is 0 Å². The Bertz CT molecular complexity index is 2230. The van der Waals surface area contributed by atoms with E-state index in [9.17, 15) is 9.59 Å². The van der Waals surface area contributed by atoms with Crippen molar-refractivity contribution in [1.82, 2.24) is 0 Å². The van der Waals surface area contributed by atoms with Gasteiger partial charge in [-0.3, -0.25) is 9.59 Å². The summed E-state index contributed by atoms with van der Waals surface area (Å²) in [5.41, 5.74) is 7.51. The Morgan fingerprint density at radius 2 is 0.889 bits per heavy atom.